The molecule has 0 aliphatic carbocycles. The van der Waals surface area contributed by atoms with Gasteiger partial charge >= 0.3 is 0 Å². The molecular weight excluding hydrogens is 639 g/mol. The van der Waals surface area contributed by atoms with Crippen molar-refractivity contribution < 1.29 is 4.42 Å². The van der Waals surface area contributed by atoms with Gasteiger partial charge in [0.15, 0.2) is 0 Å². The Balaban J connectivity index is 1.33. The van der Waals surface area contributed by atoms with Crippen LogP contribution in [0.2, 0.25) is 0 Å². The summed E-state index contributed by atoms with van der Waals surface area (Å²) < 4.78 is 9.33. The molecule has 2 heterocycles. The molecule has 0 aliphatic heterocycles. The molecule has 0 bridgehead atoms. The van der Waals surface area contributed by atoms with E-state index in [0.717, 1.165) is 50.1 Å². The maximum Gasteiger partial charge on any atom is 0.145 e. The number of fused-ring (bicyclic) bond motifs is 6. The summed E-state index contributed by atoms with van der Waals surface area (Å²) in [6.07, 6.45) is 0. The van der Waals surface area contributed by atoms with Crippen molar-refractivity contribution in [2.75, 3.05) is 4.90 Å². The first-order valence-corrected chi connectivity index (χ1v) is 18.1. The van der Waals surface area contributed by atoms with E-state index >= 15 is 0 Å². The van der Waals surface area contributed by atoms with Crippen molar-refractivity contribution in [3.05, 3.63) is 188 Å². The number of para-hydroxylation sites is 1. The number of furan rings is 1. The fourth-order valence-corrected chi connectivity index (χ4v) is 8.75. The lowest BCUT2D eigenvalue weighted by atomic mass is 9.97. The van der Waals surface area contributed by atoms with Crippen molar-refractivity contribution in [2.45, 2.75) is 0 Å². The lowest BCUT2D eigenvalue weighted by molar-refractivity contribution is 0.670. The molecule has 3 heteroatoms. The van der Waals surface area contributed by atoms with Crippen LogP contribution >= 0.6 is 11.3 Å². The van der Waals surface area contributed by atoms with E-state index in [0.29, 0.717) is 0 Å². The molecule has 0 atom stereocenters. The molecule has 0 fully saturated rings. The monoisotopic (exact) mass is 669 g/mol. The van der Waals surface area contributed by atoms with Crippen LogP contribution in [0.15, 0.2) is 192 Å². The van der Waals surface area contributed by atoms with Gasteiger partial charge in [-0.3, -0.25) is 0 Å². The summed E-state index contributed by atoms with van der Waals surface area (Å²) in [4.78, 5) is 2.48. The lowest BCUT2D eigenvalue weighted by Crippen LogP contribution is -2.12. The molecular formula is C48H31NOS. The Morgan fingerprint density at radius 3 is 1.71 bits per heavy atom. The van der Waals surface area contributed by atoms with Crippen LogP contribution in [-0.4, -0.2) is 0 Å². The van der Waals surface area contributed by atoms with Crippen LogP contribution in [0.25, 0.3) is 75.5 Å². The summed E-state index contributed by atoms with van der Waals surface area (Å²) in [5, 5.41) is 4.72. The van der Waals surface area contributed by atoms with Gasteiger partial charge in [0.05, 0.1) is 21.5 Å². The van der Waals surface area contributed by atoms with Crippen molar-refractivity contribution in [3.8, 4) is 33.4 Å². The van der Waals surface area contributed by atoms with E-state index in [2.05, 4.69) is 193 Å². The Kier molecular flexibility index (Phi) is 7.04. The SMILES string of the molecule is c1ccc(-c2ccc(N(c3c(-c4ccccc4)ccc4c3sc3ccccc34)c3ccc(-c4ccccc4)c4oc5ccccc5c34)cc2)cc1. The van der Waals surface area contributed by atoms with Crippen molar-refractivity contribution in [3.63, 3.8) is 0 Å². The van der Waals surface area contributed by atoms with Crippen molar-refractivity contribution >= 4 is 70.5 Å². The molecule has 0 aliphatic rings. The first kappa shape index (κ1) is 29.5. The number of benzene rings is 8. The zero-order valence-electron chi connectivity index (χ0n) is 27.7. The van der Waals surface area contributed by atoms with Crippen LogP contribution in [0.5, 0.6) is 0 Å². The van der Waals surface area contributed by atoms with Gasteiger partial charge in [-0.25, -0.2) is 0 Å². The summed E-state index contributed by atoms with van der Waals surface area (Å²) in [5.41, 5.74) is 12.0. The van der Waals surface area contributed by atoms with Gasteiger partial charge < -0.3 is 9.32 Å². The molecule has 0 unspecified atom stereocenters. The zero-order chi connectivity index (χ0) is 33.7. The average Bonchev–Trinajstić information content (AvgIpc) is 3.79. The smallest absolute Gasteiger partial charge is 0.145 e. The highest BCUT2D eigenvalue weighted by atomic mass is 32.1. The third-order valence-electron chi connectivity index (χ3n) is 9.89. The molecule has 0 saturated carbocycles. The second-order valence-corrected chi connectivity index (χ2v) is 13.9. The molecule has 10 aromatic rings. The number of thiophene rings is 1. The van der Waals surface area contributed by atoms with E-state index in [1.54, 1.807) is 0 Å². The van der Waals surface area contributed by atoms with Crippen LogP contribution in [0.3, 0.4) is 0 Å². The fraction of sp³-hybridized carbons (Fsp3) is 0. The fourth-order valence-electron chi connectivity index (χ4n) is 7.51. The predicted octanol–water partition coefficient (Wildman–Crippen LogP) is 14.4. The molecule has 8 aromatic carbocycles. The van der Waals surface area contributed by atoms with Gasteiger partial charge in [0.2, 0.25) is 0 Å². The topological polar surface area (TPSA) is 16.4 Å². The highest BCUT2D eigenvalue weighted by Crippen LogP contribution is 2.52. The maximum absolute atomic E-state index is 6.80. The van der Waals surface area contributed by atoms with Gasteiger partial charge in [-0.2, -0.15) is 0 Å². The first-order valence-electron chi connectivity index (χ1n) is 17.3. The molecule has 2 nitrogen and oxygen atoms in total. The van der Waals surface area contributed by atoms with Crippen molar-refractivity contribution in [1.29, 1.82) is 0 Å². The molecule has 10 rings (SSSR count). The van der Waals surface area contributed by atoms with Crippen LogP contribution in [0.1, 0.15) is 0 Å². The summed E-state index contributed by atoms with van der Waals surface area (Å²) in [6, 6.07) is 67.3. The lowest BCUT2D eigenvalue weighted by Gasteiger charge is -2.29. The second-order valence-electron chi connectivity index (χ2n) is 12.9. The van der Waals surface area contributed by atoms with E-state index in [1.807, 2.05) is 11.3 Å². The van der Waals surface area contributed by atoms with Gasteiger partial charge in [0.1, 0.15) is 11.2 Å². The number of rotatable bonds is 6. The largest absolute Gasteiger partial charge is 0.455 e. The number of anilines is 3. The van der Waals surface area contributed by atoms with E-state index in [1.165, 1.54) is 42.4 Å². The predicted molar refractivity (Wildman–Crippen MR) is 218 cm³/mol. The highest BCUT2D eigenvalue weighted by molar-refractivity contribution is 7.26. The maximum atomic E-state index is 6.80. The minimum Gasteiger partial charge on any atom is -0.455 e. The van der Waals surface area contributed by atoms with E-state index in [-0.39, 0.29) is 0 Å². The zero-order valence-corrected chi connectivity index (χ0v) is 28.5. The van der Waals surface area contributed by atoms with E-state index in [4.69, 9.17) is 4.42 Å². The average molecular weight is 670 g/mol. The normalized spacial score (nSPS) is 11.5. The Bertz CT molecular complexity index is 2840. The number of nitrogens with zero attached hydrogens (tertiary/aromatic N) is 1. The summed E-state index contributed by atoms with van der Waals surface area (Å²) in [7, 11) is 0. The van der Waals surface area contributed by atoms with Gasteiger partial charge in [-0.15, -0.1) is 11.3 Å². The van der Waals surface area contributed by atoms with Gasteiger partial charge in [0, 0.05) is 37.7 Å². The van der Waals surface area contributed by atoms with Crippen LogP contribution in [0, 0.1) is 0 Å². The molecule has 0 saturated heterocycles. The quantitative estimate of drug-likeness (QED) is 0.175. The standard InChI is InChI=1S/C48H31NOS/c1-4-14-32(15-5-1)33-24-26-36(27-25-33)49(42-31-30-38(35-18-8-3-9-19-35)47-45(42)41-21-10-12-22-43(41)50-47)46-37(34-16-6-2-7-17-34)28-29-40-39-20-11-13-23-44(39)51-48(40)46/h1-31H. The highest BCUT2D eigenvalue weighted by Gasteiger charge is 2.26. The minimum absolute atomic E-state index is 0.875. The summed E-state index contributed by atoms with van der Waals surface area (Å²) in [6.45, 7) is 0. The number of hydrogen-bond acceptors (Lipinski definition) is 3. The Morgan fingerprint density at radius 2 is 0.980 bits per heavy atom. The third kappa shape index (κ3) is 4.93. The molecule has 51 heavy (non-hydrogen) atoms. The van der Waals surface area contributed by atoms with Crippen LogP contribution in [-0.2, 0) is 0 Å². The van der Waals surface area contributed by atoms with E-state index < -0.39 is 0 Å². The second kappa shape index (κ2) is 12.2. The Hall–Kier alpha value is -6.42. The first-order chi connectivity index (χ1) is 25.3. The Labute approximate surface area is 300 Å². The minimum atomic E-state index is 0.875. The van der Waals surface area contributed by atoms with Crippen LogP contribution < -0.4 is 4.90 Å². The summed E-state index contributed by atoms with van der Waals surface area (Å²) in [5.74, 6) is 0. The van der Waals surface area contributed by atoms with Crippen molar-refractivity contribution in [1.82, 2.24) is 0 Å². The molecule has 240 valence electrons. The van der Waals surface area contributed by atoms with Crippen molar-refractivity contribution in [2.24, 2.45) is 0 Å². The van der Waals surface area contributed by atoms with Crippen LogP contribution in [0.4, 0.5) is 17.1 Å². The Morgan fingerprint density at radius 1 is 0.412 bits per heavy atom. The summed E-state index contributed by atoms with van der Waals surface area (Å²) >= 11 is 1.86. The molecule has 2 aromatic heterocycles. The number of hydrogen-bond donors (Lipinski definition) is 0. The molecule has 0 spiro atoms. The van der Waals surface area contributed by atoms with Gasteiger partial charge in [-0.05, 0) is 58.7 Å². The third-order valence-corrected chi connectivity index (χ3v) is 11.1. The molecule has 0 radical (unpaired) electrons. The van der Waals surface area contributed by atoms with Gasteiger partial charge in [-0.1, -0.05) is 152 Å². The molecule has 0 N–H and O–H groups in total. The molecule has 0 amide bonds. The van der Waals surface area contributed by atoms with E-state index in [9.17, 15) is 0 Å². The van der Waals surface area contributed by atoms with Gasteiger partial charge in [0.25, 0.3) is 0 Å².